The van der Waals surface area contributed by atoms with Crippen LogP contribution < -0.4 is 10.1 Å². The van der Waals surface area contributed by atoms with Crippen LogP contribution in [0.25, 0.3) is 0 Å². The van der Waals surface area contributed by atoms with E-state index in [9.17, 15) is 9.90 Å². The van der Waals surface area contributed by atoms with Gasteiger partial charge in [-0.1, -0.05) is 17.7 Å². The highest BCUT2D eigenvalue weighted by Crippen LogP contribution is 2.33. The van der Waals surface area contributed by atoms with Gasteiger partial charge in [0.25, 0.3) is 0 Å². The molecule has 2 amide bonds. The number of halogens is 1. The molecule has 19 heavy (non-hydrogen) atoms. The highest BCUT2D eigenvalue weighted by molar-refractivity contribution is 6.32. The zero-order valence-electron chi connectivity index (χ0n) is 10.7. The van der Waals surface area contributed by atoms with Gasteiger partial charge >= 0.3 is 6.03 Å². The molecule has 0 unspecified atom stereocenters. The average Bonchev–Trinajstić information content (AvgIpc) is 2.87. The molecular weight excluding hydrogens is 268 g/mol. The molecule has 1 heterocycles. The molecule has 1 saturated heterocycles. The first-order valence-corrected chi connectivity index (χ1v) is 6.56. The number of carbonyl (C=O) groups excluding carboxylic acids is 1. The fourth-order valence-electron chi connectivity index (χ4n) is 2.29. The number of hydrogen-bond donors (Lipinski definition) is 2. The van der Waals surface area contributed by atoms with E-state index in [1.165, 1.54) is 7.11 Å². The predicted molar refractivity (Wildman–Crippen MR) is 73.8 cm³/mol. The van der Waals surface area contributed by atoms with Crippen LogP contribution in [-0.2, 0) is 0 Å². The summed E-state index contributed by atoms with van der Waals surface area (Å²) in [6.45, 7) is 0.639. The van der Waals surface area contributed by atoms with Gasteiger partial charge < -0.3 is 20.1 Å². The fraction of sp³-hybridized carbons (Fsp3) is 0.462. The average molecular weight is 285 g/mol. The van der Waals surface area contributed by atoms with Crippen molar-refractivity contribution >= 4 is 23.3 Å². The summed E-state index contributed by atoms with van der Waals surface area (Å²) >= 11 is 6.00. The summed E-state index contributed by atoms with van der Waals surface area (Å²) in [6.07, 6.45) is 1.74. The molecule has 5 nitrogen and oxygen atoms in total. The highest BCUT2D eigenvalue weighted by Gasteiger charge is 2.28. The standard InChI is InChI=1S/C13H17ClN2O3/c1-19-12-10(14)5-2-6-11(12)15-13(18)16-7-3-4-9(16)8-17/h2,5-6,9,17H,3-4,7-8H2,1H3,(H,15,18)/t9-/m0/s1. The third kappa shape index (κ3) is 2.93. The van der Waals surface area contributed by atoms with Crippen molar-refractivity contribution in [2.24, 2.45) is 0 Å². The number of amides is 2. The second-order valence-electron chi connectivity index (χ2n) is 4.42. The molecule has 2 rings (SSSR count). The molecule has 1 atom stereocenters. The summed E-state index contributed by atoms with van der Waals surface area (Å²) in [6, 6.07) is 4.82. The molecule has 104 valence electrons. The number of benzene rings is 1. The fourth-order valence-corrected chi connectivity index (χ4v) is 2.55. The monoisotopic (exact) mass is 284 g/mol. The molecule has 1 aromatic carbocycles. The minimum absolute atomic E-state index is 0.0138. The van der Waals surface area contributed by atoms with Crippen LogP contribution in [0.4, 0.5) is 10.5 Å². The Bertz CT molecular complexity index is 467. The van der Waals surface area contributed by atoms with E-state index in [1.54, 1.807) is 23.1 Å². The van der Waals surface area contributed by atoms with Crippen molar-refractivity contribution in [1.82, 2.24) is 4.90 Å². The number of nitrogens with one attached hydrogen (secondary N) is 1. The van der Waals surface area contributed by atoms with Crippen LogP contribution in [-0.4, -0.2) is 42.3 Å². The largest absolute Gasteiger partial charge is 0.493 e. The van der Waals surface area contributed by atoms with Crippen LogP contribution in [0.1, 0.15) is 12.8 Å². The Morgan fingerprint density at radius 1 is 1.63 bits per heavy atom. The van der Waals surface area contributed by atoms with E-state index in [2.05, 4.69) is 5.32 Å². The number of aliphatic hydroxyl groups excluding tert-OH is 1. The number of urea groups is 1. The van der Waals surface area contributed by atoms with Crippen LogP contribution in [0.3, 0.4) is 0 Å². The number of rotatable bonds is 3. The van der Waals surface area contributed by atoms with Crippen LogP contribution in [0.5, 0.6) is 5.75 Å². The van der Waals surface area contributed by atoms with Gasteiger partial charge in [0.2, 0.25) is 0 Å². The van der Waals surface area contributed by atoms with Gasteiger partial charge in [-0.15, -0.1) is 0 Å². The maximum Gasteiger partial charge on any atom is 0.322 e. The normalized spacial score (nSPS) is 18.5. The van der Waals surface area contributed by atoms with Gasteiger partial charge in [0.15, 0.2) is 5.75 Å². The number of likely N-dealkylation sites (tertiary alicyclic amines) is 1. The smallest absolute Gasteiger partial charge is 0.322 e. The van der Waals surface area contributed by atoms with Crippen LogP contribution in [0.2, 0.25) is 5.02 Å². The topological polar surface area (TPSA) is 61.8 Å². The summed E-state index contributed by atoms with van der Waals surface area (Å²) in [5, 5.41) is 12.4. The van der Waals surface area contributed by atoms with Gasteiger partial charge in [-0.05, 0) is 25.0 Å². The first kappa shape index (κ1) is 14.0. The van der Waals surface area contributed by atoms with Crippen molar-refractivity contribution in [2.75, 3.05) is 25.6 Å². The minimum atomic E-state index is -0.239. The van der Waals surface area contributed by atoms with Gasteiger partial charge in [0.05, 0.1) is 30.5 Å². The maximum absolute atomic E-state index is 12.2. The molecule has 0 spiro atoms. The number of hydrogen-bond acceptors (Lipinski definition) is 3. The number of methoxy groups -OCH3 is 1. The molecule has 1 fully saturated rings. The molecule has 0 saturated carbocycles. The van der Waals surface area contributed by atoms with Gasteiger partial charge in [0, 0.05) is 6.54 Å². The van der Waals surface area contributed by atoms with Gasteiger partial charge in [-0.2, -0.15) is 0 Å². The third-order valence-corrected chi connectivity index (χ3v) is 3.56. The first-order valence-electron chi connectivity index (χ1n) is 6.18. The lowest BCUT2D eigenvalue weighted by molar-refractivity contribution is 0.166. The van der Waals surface area contributed by atoms with Gasteiger partial charge in [0.1, 0.15) is 0 Å². The molecule has 0 bridgehead atoms. The number of para-hydroxylation sites is 1. The lowest BCUT2D eigenvalue weighted by Gasteiger charge is -2.24. The van der Waals surface area contributed by atoms with Crippen molar-refractivity contribution in [3.05, 3.63) is 23.2 Å². The second-order valence-corrected chi connectivity index (χ2v) is 4.83. The number of anilines is 1. The molecule has 0 aromatic heterocycles. The number of aliphatic hydroxyl groups is 1. The second kappa shape index (κ2) is 6.12. The lowest BCUT2D eigenvalue weighted by atomic mass is 10.2. The van der Waals surface area contributed by atoms with E-state index >= 15 is 0 Å². The van der Waals surface area contributed by atoms with E-state index in [4.69, 9.17) is 16.3 Å². The molecule has 0 aliphatic carbocycles. The van der Waals surface area contributed by atoms with Crippen molar-refractivity contribution in [1.29, 1.82) is 0 Å². The Hall–Kier alpha value is -1.46. The Balaban J connectivity index is 2.13. The zero-order valence-corrected chi connectivity index (χ0v) is 11.5. The van der Waals surface area contributed by atoms with Gasteiger partial charge in [-0.25, -0.2) is 4.79 Å². The Labute approximate surface area is 117 Å². The van der Waals surface area contributed by atoms with Crippen molar-refractivity contribution in [3.63, 3.8) is 0 Å². The Kier molecular flexibility index (Phi) is 4.50. The molecule has 6 heteroatoms. The van der Waals surface area contributed by atoms with E-state index in [0.717, 1.165) is 12.8 Å². The van der Waals surface area contributed by atoms with E-state index in [-0.39, 0.29) is 18.7 Å². The van der Waals surface area contributed by atoms with E-state index in [0.29, 0.717) is 23.0 Å². The predicted octanol–water partition coefficient (Wildman–Crippen LogP) is 2.34. The van der Waals surface area contributed by atoms with Crippen LogP contribution >= 0.6 is 11.6 Å². The van der Waals surface area contributed by atoms with Crippen LogP contribution in [0, 0.1) is 0 Å². The zero-order chi connectivity index (χ0) is 13.8. The molecular formula is C13H17ClN2O3. The van der Waals surface area contributed by atoms with E-state index in [1.807, 2.05) is 0 Å². The minimum Gasteiger partial charge on any atom is -0.493 e. The van der Waals surface area contributed by atoms with Crippen molar-refractivity contribution < 1.29 is 14.6 Å². The summed E-state index contributed by atoms with van der Waals surface area (Å²) in [4.78, 5) is 13.8. The maximum atomic E-state index is 12.2. The number of nitrogens with zero attached hydrogens (tertiary/aromatic N) is 1. The highest BCUT2D eigenvalue weighted by atomic mass is 35.5. The molecule has 0 radical (unpaired) electrons. The number of ether oxygens (including phenoxy) is 1. The summed E-state index contributed by atoms with van der Waals surface area (Å²) < 4.78 is 5.18. The first-order chi connectivity index (χ1) is 9.17. The van der Waals surface area contributed by atoms with Crippen molar-refractivity contribution in [3.8, 4) is 5.75 Å². The van der Waals surface area contributed by atoms with Crippen LogP contribution in [0.15, 0.2) is 18.2 Å². The third-order valence-electron chi connectivity index (χ3n) is 3.26. The van der Waals surface area contributed by atoms with Gasteiger partial charge in [-0.3, -0.25) is 0 Å². The number of carbonyl (C=O) groups is 1. The quantitative estimate of drug-likeness (QED) is 0.895. The van der Waals surface area contributed by atoms with E-state index < -0.39 is 0 Å². The van der Waals surface area contributed by atoms with Crippen molar-refractivity contribution in [2.45, 2.75) is 18.9 Å². The summed E-state index contributed by atoms with van der Waals surface area (Å²) in [7, 11) is 1.50. The Morgan fingerprint density at radius 2 is 2.42 bits per heavy atom. The summed E-state index contributed by atoms with van der Waals surface area (Å²) in [5.74, 6) is 0.442. The molecule has 2 N–H and O–H groups in total. The summed E-state index contributed by atoms with van der Waals surface area (Å²) in [5.41, 5.74) is 0.531. The molecule has 1 aliphatic heterocycles. The SMILES string of the molecule is COc1c(Cl)cccc1NC(=O)N1CCC[C@H]1CO. The molecule has 1 aromatic rings. The lowest BCUT2D eigenvalue weighted by Crippen LogP contribution is -2.40. The molecule has 1 aliphatic rings. The Morgan fingerprint density at radius 3 is 3.11 bits per heavy atom.